The molecule has 2 N–H and O–H groups in total. The quantitative estimate of drug-likeness (QED) is 0.861. The molecule has 2 rings (SSSR count). The summed E-state index contributed by atoms with van der Waals surface area (Å²) in [6.45, 7) is -2.92. The first-order chi connectivity index (χ1) is 9.95. The van der Waals surface area contributed by atoms with Gasteiger partial charge in [-0.25, -0.2) is 0 Å². The minimum absolute atomic E-state index is 0.0396. The second kappa shape index (κ2) is 6.93. The van der Waals surface area contributed by atoms with Crippen LogP contribution in [0.3, 0.4) is 0 Å². The van der Waals surface area contributed by atoms with E-state index in [1.807, 2.05) is 0 Å². The summed E-state index contributed by atoms with van der Waals surface area (Å²) in [4.78, 5) is 11.0. The van der Waals surface area contributed by atoms with Crippen molar-refractivity contribution in [1.82, 2.24) is 0 Å². The van der Waals surface area contributed by atoms with Crippen LogP contribution in [0.25, 0.3) is 0 Å². The normalized spacial score (nSPS) is 22.1. The lowest BCUT2D eigenvalue weighted by Gasteiger charge is -2.28. The van der Waals surface area contributed by atoms with Gasteiger partial charge in [0.1, 0.15) is 5.75 Å². The van der Waals surface area contributed by atoms with Crippen LogP contribution < -0.4 is 10.1 Å². The largest absolute Gasteiger partial charge is 0.481 e. The van der Waals surface area contributed by atoms with Crippen molar-refractivity contribution >= 4 is 23.3 Å². The zero-order valence-corrected chi connectivity index (χ0v) is 11.9. The van der Waals surface area contributed by atoms with Crippen molar-refractivity contribution in [2.45, 2.75) is 38.3 Å². The molecule has 1 fully saturated rings. The summed E-state index contributed by atoms with van der Waals surface area (Å²) in [5.41, 5.74) is 0.664. The number of rotatable bonds is 5. The molecule has 1 saturated carbocycles. The molecule has 0 heterocycles. The predicted molar refractivity (Wildman–Crippen MR) is 75.1 cm³/mol. The third-order valence-corrected chi connectivity index (χ3v) is 3.84. The van der Waals surface area contributed by atoms with E-state index in [1.165, 1.54) is 12.1 Å². The molecule has 21 heavy (non-hydrogen) atoms. The van der Waals surface area contributed by atoms with Crippen LogP contribution in [0.15, 0.2) is 18.2 Å². The number of carbonyl (C=O) groups is 1. The molecular formula is C14H16ClF2NO3. The Bertz CT molecular complexity index is 513. The fourth-order valence-electron chi connectivity index (χ4n) is 2.56. The van der Waals surface area contributed by atoms with Gasteiger partial charge in [0, 0.05) is 11.7 Å². The standard InChI is InChI=1S/C14H16ClF2NO3/c15-11-7-10(4-5-12(11)21-14(16)17)18-9-3-1-2-8(6-9)13(19)20/h4-5,7-9,14,18H,1-3,6H2,(H,19,20). The van der Waals surface area contributed by atoms with E-state index in [0.29, 0.717) is 18.5 Å². The number of nitrogens with one attached hydrogen (secondary N) is 1. The van der Waals surface area contributed by atoms with E-state index in [9.17, 15) is 13.6 Å². The van der Waals surface area contributed by atoms with Gasteiger partial charge >= 0.3 is 12.6 Å². The van der Waals surface area contributed by atoms with Crippen molar-refractivity contribution in [3.8, 4) is 5.75 Å². The minimum atomic E-state index is -2.92. The molecule has 0 radical (unpaired) electrons. The van der Waals surface area contributed by atoms with E-state index in [0.717, 1.165) is 12.8 Å². The van der Waals surface area contributed by atoms with E-state index in [4.69, 9.17) is 16.7 Å². The van der Waals surface area contributed by atoms with Gasteiger partial charge in [0.2, 0.25) is 0 Å². The van der Waals surface area contributed by atoms with Gasteiger partial charge in [0.25, 0.3) is 0 Å². The van der Waals surface area contributed by atoms with Crippen LogP contribution in [0.5, 0.6) is 5.75 Å². The van der Waals surface area contributed by atoms with Crippen LogP contribution >= 0.6 is 11.6 Å². The lowest BCUT2D eigenvalue weighted by atomic mass is 9.85. The maximum atomic E-state index is 12.1. The molecule has 1 aliphatic carbocycles. The van der Waals surface area contributed by atoms with Gasteiger partial charge < -0.3 is 15.2 Å². The number of hydrogen-bond donors (Lipinski definition) is 2. The van der Waals surface area contributed by atoms with E-state index in [1.54, 1.807) is 6.07 Å². The Morgan fingerprint density at radius 3 is 2.81 bits per heavy atom. The van der Waals surface area contributed by atoms with Crippen LogP contribution in [-0.4, -0.2) is 23.7 Å². The molecule has 0 aliphatic heterocycles. The van der Waals surface area contributed by atoms with Gasteiger partial charge in [-0.3, -0.25) is 4.79 Å². The highest BCUT2D eigenvalue weighted by Gasteiger charge is 2.26. The molecule has 0 bridgehead atoms. The first-order valence-electron chi connectivity index (χ1n) is 6.69. The molecule has 2 unspecified atom stereocenters. The summed E-state index contributed by atoms with van der Waals surface area (Å²) in [5.74, 6) is -1.20. The minimum Gasteiger partial charge on any atom is -0.481 e. The summed E-state index contributed by atoms with van der Waals surface area (Å²) in [6, 6.07) is 4.50. The average Bonchev–Trinajstić information content (AvgIpc) is 2.42. The summed E-state index contributed by atoms with van der Waals surface area (Å²) < 4.78 is 28.5. The molecule has 7 heteroatoms. The second-order valence-corrected chi connectivity index (χ2v) is 5.47. The van der Waals surface area contributed by atoms with Crippen molar-refractivity contribution in [3.63, 3.8) is 0 Å². The fraction of sp³-hybridized carbons (Fsp3) is 0.500. The first-order valence-corrected chi connectivity index (χ1v) is 7.07. The lowest BCUT2D eigenvalue weighted by Crippen LogP contribution is -2.30. The number of alkyl halides is 2. The van der Waals surface area contributed by atoms with Crippen LogP contribution in [0.1, 0.15) is 25.7 Å². The Kier molecular flexibility index (Phi) is 5.22. The predicted octanol–water partition coefficient (Wildman–Crippen LogP) is 4.00. The number of aliphatic carboxylic acids is 1. The van der Waals surface area contributed by atoms with Crippen molar-refractivity contribution < 1.29 is 23.4 Å². The van der Waals surface area contributed by atoms with Crippen molar-refractivity contribution in [3.05, 3.63) is 23.2 Å². The number of halogens is 3. The summed E-state index contributed by atoms with van der Waals surface area (Å²) in [6.07, 6.45) is 2.95. The van der Waals surface area contributed by atoms with Crippen LogP contribution in [0, 0.1) is 5.92 Å². The molecule has 0 spiro atoms. The van der Waals surface area contributed by atoms with Crippen LogP contribution in [0.4, 0.5) is 14.5 Å². The average molecular weight is 320 g/mol. The Morgan fingerprint density at radius 1 is 1.43 bits per heavy atom. The molecule has 1 aliphatic rings. The van der Waals surface area contributed by atoms with Crippen LogP contribution in [0.2, 0.25) is 5.02 Å². The molecule has 116 valence electrons. The number of ether oxygens (including phenoxy) is 1. The van der Waals surface area contributed by atoms with Crippen molar-refractivity contribution in [2.24, 2.45) is 5.92 Å². The Balaban J connectivity index is 1.99. The smallest absolute Gasteiger partial charge is 0.387 e. The van der Waals surface area contributed by atoms with Gasteiger partial charge in [0.15, 0.2) is 0 Å². The van der Waals surface area contributed by atoms with Gasteiger partial charge in [-0.05, 0) is 37.5 Å². The highest BCUT2D eigenvalue weighted by molar-refractivity contribution is 6.32. The summed E-state index contributed by atoms with van der Waals surface area (Å²) in [7, 11) is 0. The zero-order chi connectivity index (χ0) is 15.4. The third-order valence-electron chi connectivity index (χ3n) is 3.54. The highest BCUT2D eigenvalue weighted by atomic mass is 35.5. The fourth-order valence-corrected chi connectivity index (χ4v) is 2.79. The van der Waals surface area contributed by atoms with E-state index < -0.39 is 12.6 Å². The Labute approximate surface area is 126 Å². The molecule has 2 atom stereocenters. The van der Waals surface area contributed by atoms with E-state index in [2.05, 4.69) is 10.1 Å². The molecule has 1 aromatic rings. The molecule has 4 nitrogen and oxygen atoms in total. The van der Waals surface area contributed by atoms with Crippen molar-refractivity contribution in [1.29, 1.82) is 0 Å². The molecule has 0 aromatic heterocycles. The van der Waals surface area contributed by atoms with Gasteiger partial charge in [-0.15, -0.1) is 0 Å². The number of benzene rings is 1. The number of carboxylic acid groups (broad SMARTS) is 1. The lowest BCUT2D eigenvalue weighted by molar-refractivity contribution is -0.142. The molecule has 0 saturated heterocycles. The Hall–Kier alpha value is -1.56. The van der Waals surface area contributed by atoms with E-state index >= 15 is 0 Å². The Morgan fingerprint density at radius 2 is 2.19 bits per heavy atom. The number of hydrogen-bond acceptors (Lipinski definition) is 3. The van der Waals surface area contributed by atoms with Crippen molar-refractivity contribution in [2.75, 3.05) is 5.32 Å². The maximum absolute atomic E-state index is 12.1. The molecule has 0 amide bonds. The monoisotopic (exact) mass is 319 g/mol. The van der Waals surface area contributed by atoms with Gasteiger partial charge in [-0.1, -0.05) is 18.0 Å². The third kappa shape index (κ3) is 4.46. The number of carboxylic acids is 1. The van der Waals surface area contributed by atoms with Gasteiger partial charge in [-0.2, -0.15) is 8.78 Å². The highest BCUT2D eigenvalue weighted by Crippen LogP contribution is 2.31. The molecule has 1 aromatic carbocycles. The molecular weight excluding hydrogens is 304 g/mol. The summed E-state index contributed by atoms with van der Waals surface area (Å²) >= 11 is 5.88. The first kappa shape index (κ1) is 15.8. The maximum Gasteiger partial charge on any atom is 0.387 e. The summed E-state index contributed by atoms with van der Waals surface area (Å²) in [5, 5.41) is 12.3. The second-order valence-electron chi connectivity index (χ2n) is 5.07. The topological polar surface area (TPSA) is 58.6 Å². The van der Waals surface area contributed by atoms with Gasteiger partial charge in [0.05, 0.1) is 10.9 Å². The van der Waals surface area contributed by atoms with E-state index in [-0.39, 0.29) is 22.7 Å². The zero-order valence-electron chi connectivity index (χ0n) is 11.2. The van der Waals surface area contributed by atoms with Crippen LogP contribution in [-0.2, 0) is 4.79 Å². The number of anilines is 1. The SMILES string of the molecule is O=C(O)C1CCCC(Nc2ccc(OC(F)F)c(Cl)c2)C1.